The molecule has 0 aliphatic heterocycles. The fraction of sp³-hybridized carbons (Fsp3) is 0.500. The van der Waals surface area contributed by atoms with E-state index in [1.807, 2.05) is 38.1 Å². The zero-order valence-corrected chi connectivity index (χ0v) is 12.4. The molecule has 0 bridgehead atoms. The second-order valence-electron chi connectivity index (χ2n) is 5.19. The van der Waals surface area contributed by atoms with Gasteiger partial charge in [0, 0.05) is 12.1 Å². The van der Waals surface area contributed by atoms with Crippen molar-refractivity contribution >= 4 is 17.6 Å². The third-order valence-electron chi connectivity index (χ3n) is 2.94. The molecule has 0 saturated heterocycles. The summed E-state index contributed by atoms with van der Waals surface area (Å²) in [4.78, 5) is 23.0. The third kappa shape index (κ3) is 6.36. The molecular weight excluding hydrogens is 254 g/mol. The Bertz CT molecular complexity index is 438. The van der Waals surface area contributed by atoms with Gasteiger partial charge < -0.3 is 10.1 Å². The molecule has 0 heterocycles. The minimum Gasteiger partial charge on any atom is -0.456 e. The third-order valence-corrected chi connectivity index (χ3v) is 2.94. The van der Waals surface area contributed by atoms with E-state index in [2.05, 4.69) is 12.2 Å². The average molecular weight is 277 g/mol. The molecule has 0 fully saturated rings. The van der Waals surface area contributed by atoms with Crippen molar-refractivity contribution in [1.82, 2.24) is 0 Å². The van der Waals surface area contributed by atoms with Gasteiger partial charge in [0.2, 0.25) is 0 Å². The minimum atomic E-state index is -0.324. The number of rotatable bonds is 7. The second-order valence-corrected chi connectivity index (χ2v) is 5.19. The molecule has 4 heteroatoms. The van der Waals surface area contributed by atoms with Crippen LogP contribution >= 0.6 is 0 Å². The van der Waals surface area contributed by atoms with Crippen molar-refractivity contribution in [3.63, 3.8) is 0 Å². The van der Waals surface area contributed by atoms with Crippen LogP contribution in [0, 0.1) is 5.92 Å². The number of ether oxygens (including phenoxy) is 1. The second kappa shape index (κ2) is 8.35. The molecule has 0 atom stereocenters. The van der Waals surface area contributed by atoms with E-state index in [4.69, 9.17) is 4.74 Å². The van der Waals surface area contributed by atoms with Crippen LogP contribution in [0.25, 0.3) is 0 Å². The molecule has 1 amide bonds. The summed E-state index contributed by atoms with van der Waals surface area (Å²) in [6.45, 7) is 5.93. The number of anilines is 1. The first-order chi connectivity index (χ1) is 9.51. The van der Waals surface area contributed by atoms with Crippen LogP contribution in [0.1, 0.15) is 39.2 Å². The molecule has 0 aromatic heterocycles. The maximum atomic E-state index is 11.6. The van der Waals surface area contributed by atoms with Crippen molar-refractivity contribution in [2.45, 2.75) is 40.0 Å². The lowest BCUT2D eigenvalue weighted by atomic mass is 10.1. The van der Waals surface area contributed by atoms with Crippen molar-refractivity contribution in [1.29, 1.82) is 0 Å². The Morgan fingerprint density at radius 2 is 1.85 bits per heavy atom. The lowest BCUT2D eigenvalue weighted by Crippen LogP contribution is -2.20. The number of amides is 1. The van der Waals surface area contributed by atoms with Crippen LogP contribution < -0.4 is 5.32 Å². The summed E-state index contributed by atoms with van der Waals surface area (Å²) in [6, 6.07) is 7.61. The quantitative estimate of drug-likeness (QED) is 0.779. The molecule has 0 radical (unpaired) electrons. The Labute approximate surface area is 120 Å². The minimum absolute atomic E-state index is 0.230. The summed E-state index contributed by atoms with van der Waals surface area (Å²) >= 11 is 0. The monoisotopic (exact) mass is 277 g/mol. The Kier molecular flexibility index (Phi) is 6.77. The van der Waals surface area contributed by atoms with E-state index in [0.717, 1.165) is 12.8 Å². The van der Waals surface area contributed by atoms with E-state index in [-0.39, 0.29) is 18.5 Å². The van der Waals surface area contributed by atoms with Gasteiger partial charge in [-0.15, -0.1) is 0 Å². The molecule has 1 aromatic carbocycles. The lowest BCUT2D eigenvalue weighted by molar-refractivity contribution is -0.147. The van der Waals surface area contributed by atoms with Gasteiger partial charge >= 0.3 is 5.97 Å². The van der Waals surface area contributed by atoms with Gasteiger partial charge in [0.15, 0.2) is 6.61 Å². The van der Waals surface area contributed by atoms with E-state index >= 15 is 0 Å². The molecular formula is C16H23NO3. The van der Waals surface area contributed by atoms with Crippen LogP contribution in [0.15, 0.2) is 24.3 Å². The maximum absolute atomic E-state index is 11.6. The normalized spacial score (nSPS) is 10.4. The highest BCUT2D eigenvalue weighted by Gasteiger charge is 2.08. The zero-order chi connectivity index (χ0) is 15.0. The Morgan fingerprint density at radius 3 is 2.40 bits per heavy atom. The van der Waals surface area contributed by atoms with Gasteiger partial charge in [0.25, 0.3) is 5.91 Å². The first-order valence-electron chi connectivity index (χ1n) is 7.05. The Morgan fingerprint density at radius 1 is 1.20 bits per heavy atom. The summed E-state index contributed by atoms with van der Waals surface area (Å²) in [5, 5.41) is 2.70. The van der Waals surface area contributed by atoms with E-state index < -0.39 is 0 Å². The molecule has 0 unspecified atom stereocenters. The fourth-order valence-electron chi connectivity index (χ4n) is 1.65. The van der Waals surface area contributed by atoms with Crippen LogP contribution in [0.2, 0.25) is 0 Å². The highest BCUT2D eigenvalue weighted by Crippen LogP contribution is 2.10. The van der Waals surface area contributed by atoms with Crippen LogP contribution in [0.5, 0.6) is 0 Å². The summed E-state index contributed by atoms with van der Waals surface area (Å²) in [7, 11) is 0. The van der Waals surface area contributed by atoms with Crippen molar-refractivity contribution in [3.05, 3.63) is 29.8 Å². The SMILES string of the molecule is CCc1ccc(NC(=O)COC(=O)CCC(C)C)cc1. The summed E-state index contributed by atoms with van der Waals surface area (Å²) in [5.41, 5.74) is 1.92. The lowest BCUT2D eigenvalue weighted by Gasteiger charge is -2.08. The molecule has 20 heavy (non-hydrogen) atoms. The van der Waals surface area contributed by atoms with Crippen LogP contribution in [-0.2, 0) is 20.7 Å². The first-order valence-corrected chi connectivity index (χ1v) is 7.05. The number of carbonyl (C=O) groups is 2. The summed E-state index contributed by atoms with van der Waals surface area (Å²) in [6.07, 6.45) is 2.09. The first kappa shape index (κ1) is 16.2. The Hall–Kier alpha value is -1.84. The molecule has 1 aromatic rings. The number of benzene rings is 1. The number of hydrogen-bond acceptors (Lipinski definition) is 3. The highest BCUT2D eigenvalue weighted by atomic mass is 16.5. The summed E-state index contributed by atoms with van der Waals surface area (Å²) < 4.78 is 4.92. The number of carbonyl (C=O) groups excluding carboxylic acids is 2. The summed E-state index contributed by atoms with van der Waals surface area (Å²) in [5.74, 6) is -0.184. The standard InChI is InChI=1S/C16H23NO3/c1-4-13-6-8-14(9-7-13)17-15(18)11-20-16(19)10-5-12(2)3/h6-9,12H,4-5,10-11H2,1-3H3,(H,17,18). The van der Waals surface area contributed by atoms with Crippen molar-refractivity contribution in [2.24, 2.45) is 5.92 Å². The van der Waals surface area contributed by atoms with E-state index in [0.29, 0.717) is 18.0 Å². The smallest absolute Gasteiger partial charge is 0.306 e. The van der Waals surface area contributed by atoms with Crippen LogP contribution in [-0.4, -0.2) is 18.5 Å². The predicted octanol–water partition coefficient (Wildman–Crippen LogP) is 3.17. The predicted molar refractivity (Wildman–Crippen MR) is 79.5 cm³/mol. The van der Waals surface area contributed by atoms with Gasteiger partial charge in [-0.05, 0) is 36.5 Å². The molecule has 0 aliphatic rings. The maximum Gasteiger partial charge on any atom is 0.306 e. The number of aryl methyl sites for hydroxylation is 1. The largest absolute Gasteiger partial charge is 0.456 e. The number of hydrogen-bond donors (Lipinski definition) is 1. The van der Waals surface area contributed by atoms with Crippen molar-refractivity contribution in [2.75, 3.05) is 11.9 Å². The Balaban J connectivity index is 2.30. The highest BCUT2D eigenvalue weighted by molar-refractivity contribution is 5.92. The van der Waals surface area contributed by atoms with Gasteiger partial charge in [-0.25, -0.2) is 0 Å². The van der Waals surface area contributed by atoms with Crippen molar-refractivity contribution < 1.29 is 14.3 Å². The van der Waals surface area contributed by atoms with Gasteiger partial charge in [-0.2, -0.15) is 0 Å². The van der Waals surface area contributed by atoms with E-state index in [9.17, 15) is 9.59 Å². The fourth-order valence-corrected chi connectivity index (χ4v) is 1.65. The van der Waals surface area contributed by atoms with Crippen LogP contribution in [0.4, 0.5) is 5.69 Å². The molecule has 110 valence electrons. The van der Waals surface area contributed by atoms with Gasteiger partial charge in [0.05, 0.1) is 0 Å². The topological polar surface area (TPSA) is 55.4 Å². The molecule has 4 nitrogen and oxygen atoms in total. The van der Waals surface area contributed by atoms with Crippen LogP contribution in [0.3, 0.4) is 0 Å². The average Bonchev–Trinajstić information content (AvgIpc) is 2.43. The molecule has 0 spiro atoms. The molecule has 0 aliphatic carbocycles. The van der Waals surface area contributed by atoms with E-state index in [1.54, 1.807) is 0 Å². The van der Waals surface area contributed by atoms with E-state index in [1.165, 1.54) is 5.56 Å². The molecule has 1 N–H and O–H groups in total. The van der Waals surface area contributed by atoms with Crippen molar-refractivity contribution in [3.8, 4) is 0 Å². The zero-order valence-electron chi connectivity index (χ0n) is 12.4. The van der Waals surface area contributed by atoms with Gasteiger partial charge in [-0.3, -0.25) is 9.59 Å². The molecule has 0 saturated carbocycles. The number of esters is 1. The van der Waals surface area contributed by atoms with Gasteiger partial charge in [0.1, 0.15) is 0 Å². The van der Waals surface area contributed by atoms with Gasteiger partial charge in [-0.1, -0.05) is 32.9 Å². The number of nitrogens with one attached hydrogen (secondary N) is 1. The molecule has 1 rings (SSSR count).